The van der Waals surface area contributed by atoms with Crippen molar-refractivity contribution in [3.05, 3.63) is 29.6 Å². The highest BCUT2D eigenvalue weighted by Crippen LogP contribution is 2.23. The quantitative estimate of drug-likeness (QED) is 0.569. The van der Waals surface area contributed by atoms with Crippen molar-refractivity contribution >= 4 is 0 Å². The fourth-order valence-electron chi connectivity index (χ4n) is 1.90. The Morgan fingerprint density at radius 3 is 2.81 bits per heavy atom. The number of pyridine rings is 1. The molecule has 0 saturated heterocycles. The van der Waals surface area contributed by atoms with Crippen LogP contribution in [0.5, 0.6) is 0 Å². The molecule has 90 valence electrons. The number of hydrazine groups is 1. The fraction of sp³-hybridized carbons (Fsp3) is 0.583. The van der Waals surface area contributed by atoms with E-state index in [0.29, 0.717) is 0 Å². The summed E-state index contributed by atoms with van der Waals surface area (Å²) in [6.07, 6.45) is 5.75. The summed E-state index contributed by atoms with van der Waals surface area (Å²) in [5, 5.41) is 0. The van der Waals surface area contributed by atoms with Crippen LogP contribution in [0.1, 0.15) is 36.9 Å². The maximum atomic E-state index is 5.62. The van der Waals surface area contributed by atoms with Gasteiger partial charge >= 0.3 is 0 Å². The number of nitrogens with two attached hydrogens (primary N) is 1. The molecule has 1 rings (SSSR count). The molecule has 3 N–H and O–H groups in total. The van der Waals surface area contributed by atoms with Crippen LogP contribution in [0.4, 0.5) is 0 Å². The molecular weight excluding hydrogens is 202 g/mol. The molecule has 2 unspecified atom stereocenters. The van der Waals surface area contributed by atoms with Crippen molar-refractivity contribution in [2.75, 3.05) is 7.11 Å². The predicted molar refractivity (Wildman–Crippen MR) is 64.7 cm³/mol. The first kappa shape index (κ1) is 13.1. The topological polar surface area (TPSA) is 60.2 Å². The number of hydrogen-bond donors (Lipinski definition) is 2. The van der Waals surface area contributed by atoms with Gasteiger partial charge in [0.15, 0.2) is 0 Å². The van der Waals surface area contributed by atoms with E-state index in [1.54, 1.807) is 13.3 Å². The largest absolute Gasteiger partial charge is 0.379 e. The van der Waals surface area contributed by atoms with Gasteiger partial charge in [0.2, 0.25) is 0 Å². The molecule has 0 aromatic carbocycles. The Hall–Kier alpha value is -0.970. The second-order valence-electron chi connectivity index (χ2n) is 3.94. The van der Waals surface area contributed by atoms with E-state index in [0.717, 1.165) is 18.4 Å². The summed E-state index contributed by atoms with van der Waals surface area (Å²) >= 11 is 0. The van der Waals surface area contributed by atoms with Gasteiger partial charge in [-0.1, -0.05) is 13.3 Å². The van der Waals surface area contributed by atoms with Crippen LogP contribution in [0.2, 0.25) is 0 Å². The number of aryl methyl sites for hydroxylation is 1. The van der Waals surface area contributed by atoms with Gasteiger partial charge < -0.3 is 4.74 Å². The molecule has 0 aliphatic carbocycles. The van der Waals surface area contributed by atoms with Gasteiger partial charge in [0.25, 0.3) is 0 Å². The Labute approximate surface area is 97.2 Å². The van der Waals surface area contributed by atoms with Crippen molar-refractivity contribution in [3.63, 3.8) is 0 Å². The second kappa shape index (κ2) is 6.58. The molecule has 0 aliphatic heterocycles. The van der Waals surface area contributed by atoms with Crippen LogP contribution in [-0.4, -0.2) is 18.2 Å². The van der Waals surface area contributed by atoms with Gasteiger partial charge in [-0.15, -0.1) is 0 Å². The van der Waals surface area contributed by atoms with Crippen molar-refractivity contribution in [2.45, 2.75) is 38.8 Å². The lowest BCUT2D eigenvalue weighted by atomic mass is 9.97. The van der Waals surface area contributed by atoms with E-state index < -0.39 is 0 Å². The first-order valence-electron chi connectivity index (χ1n) is 5.64. The van der Waals surface area contributed by atoms with Crippen LogP contribution in [-0.2, 0) is 4.74 Å². The Morgan fingerprint density at radius 2 is 2.31 bits per heavy atom. The molecular formula is C12H21N3O. The predicted octanol–water partition coefficient (Wildman–Crippen LogP) is 1.71. The number of methoxy groups -OCH3 is 1. The molecule has 0 bridgehead atoms. The summed E-state index contributed by atoms with van der Waals surface area (Å²) in [4.78, 5) is 4.14. The molecule has 0 amide bonds. The minimum atomic E-state index is -0.00125. The van der Waals surface area contributed by atoms with E-state index in [9.17, 15) is 0 Å². The third-order valence-corrected chi connectivity index (χ3v) is 2.84. The molecule has 2 atom stereocenters. The summed E-state index contributed by atoms with van der Waals surface area (Å²) < 4.78 is 5.48. The summed E-state index contributed by atoms with van der Waals surface area (Å²) in [5.41, 5.74) is 5.11. The Kier molecular flexibility index (Phi) is 5.38. The molecule has 16 heavy (non-hydrogen) atoms. The van der Waals surface area contributed by atoms with Gasteiger partial charge in [-0.25, -0.2) is 0 Å². The number of nitrogens with zero attached hydrogens (tertiary/aromatic N) is 1. The lowest BCUT2D eigenvalue weighted by Crippen LogP contribution is -2.38. The maximum Gasteiger partial charge on any atom is 0.0779 e. The third kappa shape index (κ3) is 3.01. The molecule has 1 heterocycles. The second-order valence-corrected chi connectivity index (χ2v) is 3.94. The van der Waals surface area contributed by atoms with Crippen LogP contribution in [0.15, 0.2) is 18.5 Å². The molecule has 0 spiro atoms. The molecule has 0 fully saturated rings. The molecule has 0 radical (unpaired) electrons. The van der Waals surface area contributed by atoms with Gasteiger partial charge in [0.1, 0.15) is 0 Å². The molecule has 1 aromatic heterocycles. The number of nitrogens with one attached hydrogen (secondary N) is 1. The SMILES string of the molecule is CCCC(OC)C(NN)c1cnccc1C. The molecule has 4 nitrogen and oxygen atoms in total. The van der Waals surface area contributed by atoms with Gasteiger partial charge in [0, 0.05) is 19.5 Å². The summed E-state index contributed by atoms with van der Waals surface area (Å²) in [5.74, 6) is 5.62. The first-order valence-corrected chi connectivity index (χ1v) is 5.64. The van der Waals surface area contributed by atoms with Gasteiger partial charge in [-0.2, -0.15) is 0 Å². The van der Waals surface area contributed by atoms with Crippen molar-refractivity contribution in [2.24, 2.45) is 5.84 Å². The monoisotopic (exact) mass is 223 g/mol. The zero-order valence-electron chi connectivity index (χ0n) is 10.2. The number of aromatic nitrogens is 1. The van der Waals surface area contributed by atoms with Crippen molar-refractivity contribution in [1.82, 2.24) is 10.4 Å². The fourth-order valence-corrected chi connectivity index (χ4v) is 1.90. The average molecular weight is 223 g/mol. The van der Waals surface area contributed by atoms with Crippen LogP contribution in [0.25, 0.3) is 0 Å². The third-order valence-electron chi connectivity index (χ3n) is 2.84. The molecule has 0 aliphatic rings. The van der Waals surface area contributed by atoms with Crippen molar-refractivity contribution in [1.29, 1.82) is 0 Å². The van der Waals surface area contributed by atoms with Crippen molar-refractivity contribution < 1.29 is 4.74 Å². The molecule has 4 heteroatoms. The normalized spacial score (nSPS) is 14.8. The summed E-state index contributed by atoms with van der Waals surface area (Å²) in [6, 6.07) is 1.98. The molecule has 0 saturated carbocycles. The minimum Gasteiger partial charge on any atom is -0.379 e. The van der Waals surface area contributed by atoms with E-state index in [2.05, 4.69) is 24.3 Å². The van der Waals surface area contributed by atoms with Crippen LogP contribution in [0, 0.1) is 6.92 Å². The lowest BCUT2D eigenvalue weighted by Gasteiger charge is -2.26. The summed E-state index contributed by atoms with van der Waals surface area (Å²) in [6.45, 7) is 4.19. The van der Waals surface area contributed by atoms with Crippen LogP contribution < -0.4 is 11.3 Å². The Balaban J connectivity index is 2.92. The van der Waals surface area contributed by atoms with E-state index in [1.165, 1.54) is 5.56 Å². The lowest BCUT2D eigenvalue weighted by molar-refractivity contribution is 0.0603. The number of hydrogen-bond acceptors (Lipinski definition) is 4. The maximum absolute atomic E-state index is 5.62. The zero-order valence-corrected chi connectivity index (χ0v) is 10.2. The Morgan fingerprint density at radius 1 is 1.56 bits per heavy atom. The number of rotatable bonds is 6. The minimum absolute atomic E-state index is 0.00125. The Bertz CT molecular complexity index is 317. The van der Waals surface area contributed by atoms with Crippen LogP contribution >= 0.6 is 0 Å². The highest BCUT2D eigenvalue weighted by atomic mass is 16.5. The summed E-state index contributed by atoms with van der Waals surface area (Å²) in [7, 11) is 1.72. The highest BCUT2D eigenvalue weighted by Gasteiger charge is 2.22. The van der Waals surface area contributed by atoms with Crippen molar-refractivity contribution in [3.8, 4) is 0 Å². The van der Waals surface area contributed by atoms with E-state index >= 15 is 0 Å². The number of ether oxygens (including phenoxy) is 1. The van der Waals surface area contributed by atoms with Gasteiger partial charge in [0.05, 0.1) is 12.1 Å². The smallest absolute Gasteiger partial charge is 0.0779 e. The van der Waals surface area contributed by atoms with E-state index in [4.69, 9.17) is 10.6 Å². The average Bonchev–Trinajstić information content (AvgIpc) is 2.31. The highest BCUT2D eigenvalue weighted by molar-refractivity contribution is 5.25. The molecule has 1 aromatic rings. The van der Waals surface area contributed by atoms with Crippen LogP contribution in [0.3, 0.4) is 0 Å². The zero-order chi connectivity index (χ0) is 12.0. The van der Waals surface area contributed by atoms with Gasteiger partial charge in [-0.05, 0) is 30.5 Å². The standard InChI is InChI=1S/C12H21N3O/c1-4-5-11(16-3)12(15-13)10-8-14-7-6-9(10)2/h6-8,11-12,15H,4-5,13H2,1-3H3. The van der Waals surface area contributed by atoms with E-state index in [-0.39, 0.29) is 12.1 Å². The van der Waals surface area contributed by atoms with Gasteiger partial charge in [-0.3, -0.25) is 16.3 Å². The van der Waals surface area contributed by atoms with E-state index in [1.807, 2.05) is 12.3 Å². The first-order chi connectivity index (χ1) is 7.74.